The zero-order valence-electron chi connectivity index (χ0n) is 7.55. The second kappa shape index (κ2) is 2.70. The van der Waals surface area contributed by atoms with Crippen molar-refractivity contribution in [2.24, 2.45) is 11.1 Å². The van der Waals surface area contributed by atoms with Gasteiger partial charge in [0.05, 0.1) is 13.1 Å². The molecule has 0 saturated carbocycles. The molecule has 1 unspecified atom stereocenters. The highest BCUT2D eigenvalue weighted by Crippen LogP contribution is 2.38. The number of oxime groups is 1. The number of halogens is 1. The summed E-state index contributed by atoms with van der Waals surface area (Å²) in [6.07, 6.45) is 3.65. The molecule has 0 radical (unpaired) electrons. The van der Waals surface area contributed by atoms with Gasteiger partial charge in [0.1, 0.15) is 11.2 Å². The summed E-state index contributed by atoms with van der Waals surface area (Å²) in [4.78, 5) is 7.36. The van der Waals surface area contributed by atoms with Gasteiger partial charge >= 0.3 is 0 Å². The van der Waals surface area contributed by atoms with E-state index in [9.17, 15) is 0 Å². The van der Waals surface area contributed by atoms with E-state index in [0.717, 1.165) is 23.5 Å². The molecule has 1 N–H and O–H groups in total. The molecule has 2 bridgehead atoms. The molecule has 1 spiro atoms. The van der Waals surface area contributed by atoms with Crippen molar-refractivity contribution in [3.05, 3.63) is 0 Å². The molecule has 0 aromatic rings. The summed E-state index contributed by atoms with van der Waals surface area (Å²) in [6, 6.07) is 0. The van der Waals surface area contributed by atoms with Crippen molar-refractivity contribution in [3.63, 3.8) is 0 Å². The minimum atomic E-state index is 0.0741. The molecule has 4 aliphatic rings. The first-order valence-electron chi connectivity index (χ1n) is 5.03. The number of hydrogen-bond acceptors (Lipinski definition) is 2. The zero-order chi connectivity index (χ0) is 8.89. The Balaban J connectivity index is 1.85. The molecule has 4 heteroatoms. The summed E-state index contributed by atoms with van der Waals surface area (Å²) in [7, 11) is 0. The Hall–Kier alpha value is -0.0900. The van der Waals surface area contributed by atoms with Gasteiger partial charge in [-0.25, -0.2) is 0 Å². The number of nitrogens with one attached hydrogen (secondary N) is 1. The van der Waals surface area contributed by atoms with E-state index in [2.05, 4.69) is 21.1 Å². The molecule has 3 fully saturated rings. The Labute approximate surface area is 86.2 Å². The standard InChI is InChI=1S/C9H13BrN2O/c10-8-5-9(13-11-8)6-12-3-1-7(9)2-4-12/h7H,1-6H2/p+1. The predicted molar refractivity (Wildman–Crippen MR) is 53.1 cm³/mol. The number of fused-ring (bicyclic) bond motifs is 2. The maximum Gasteiger partial charge on any atom is 0.195 e. The van der Waals surface area contributed by atoms with E-state index in [4.69, 9.17) is 4.84 Å². The lowest BCUT2D eigenvalue weighted by molar-refractivity contribution is -0.925. The smallest absolute Gasteiger partial charge is 0.195 e. The molecule has 4 heterocycles. The number of rotatable bonds is 0. The fourth-order valence-electron chi connectivity index (χ4n) is 3.06. The number of nitrogens with zero attached hydrogens (tertiary/aromatic N) is 1. The zero-order valence-corrected chi connectivity index (χ0v) is 9.14. The van der Waals surface area contributed by atoms with Crippen LogP contribution in [0.2, 0.25) is 0 Å². The Bertz CT molecular complexity index is 260. The van der Waals surface area contributed by atoms with Crippen molar-refractivity contribution < 1.29 is 9.74 Å². The molecule has 3 nitrogen and oxygen atoms in total. The van der Waals surface area contributed by atoms with Gasteiger partial charge in [-0.1, -0.05) is 5.16 Å². The molecule has 13 heavy (non-hydrogen) atoms. The van der Waals surface area contributed by atoms with Crippen LogP contribution in [0.15, 0.2) is 5.16 Å². The summed E-state index contributed by atoms with van der Waals surface area (Å²) in [5, 5.41) is 4.05. The van der Waals surface area contributed by atoms with Crippen molar-refractivity contribution in [1.29, 1.82) is 0 Å². The highest BCUT2D eigenvalue weighted by Gasteiger charge is 2.54. The molecule has 4 rings (SSSR count). The number of hydrogen-bond donors (Lipinski definition) is 1. The Morgan fingerprint density at radius 1 is 1.46 bits per heavy atom. The highest BCUT2D eigenvalue weighted by atomic mass is 79.9. The molecule has 1 atom stereocenters. The van der Waals surface area contributed by atoms with Gasteiger partial charge < -0.3 is 9.74 Å². The molecular formula is C9H14BrN2O+. The van der Waals surface area contributed by atoms with Gasteiger partial charge in [-0.3, -0.25) is 0 Å². The van der Waals surface area contributed by atoms with Crippen molar-refractivity contribution in [2.45, 2.75) is 24.9 Å². The van der Waals surface area contributed by atoms with Crippen LogP contribution in [0.4, 0.5) is 0 Å². The highest BCUT2D eigenvalue weighted by molar-refractivity contribution is 9.18. The monoisotopic (exact) mass is 245 g/mol. The largest absolute Gasteiger partial charge is 0.382 e. The lowest BCUT2D eigenvalue weighted by atomic mass is 9.74. The lowest BCUT2D eigenvalue weighted by Gasteiger charge is -2.46. The van der Waals surface area contributed by atoms with Crippen molar-refractivity contribution in [1.82, 2.24) is 0 Å². The van der Waals surface area contributed by atoms with Crippen molar-refractivity contribution in [3.8, 4) is 0 Å². The van der Waals surface area contributed by atoms with Crippen molar-refractivity contribution in [2.75, 3.05) is 19.6 Å². The van der Waals surface area contributed by atoms with E-state index in [-0.39, 0.29) is 5.60 Å². The fourth-order valence-corrected chi connectivity index (χ4v) is 3.61. The minimum Gasteiger partial charge on any atom is -0.382 e. The van der Waals surface area contributed by atoms with Crippen LogP contribution in [-0.4, -0.2) is 29.9 Å². The number of quaternary nitrogens is 1. The molecule has 4 aliphatic heterocycles. The summed E-state index contributed by atoms with van der Waals surface area (Å²) in [5.41, 5.74) is 0.0741. The number of piperidine rings is 3. The summed E-state index contributed by atoms with van der Waals surface area (Å²) >= 11 is 3.44. The fraction of sp³-hybridized carbons (Fsp3) is 0.889. The van der Waals surface area contributed by atoms with Crippen LogP contribution >= 0.6 is 15.9 Å². The minimum absolute atomic E-state index is 0.0741. The average Bonchev–Trinajstić information content (AvgIpc) is 2.49. The first-order valence-corrected chi connectivity index (χ1v) is 5.82. The first kappa shape index (κ1) is 8.24. The third kappa shape index (κ3) is 1.15. The SMILES string of the molecule is BrC1=NOC2(C1)C[NH+]1CCC2CC1. The molecule has 0 aliphatic carbocycles. The Kier molecular flexibility index (Phi) is 1.71. The molecule has 0 aromatic heterocycles. The summed E-state index contributed by atoms with van der Waals surface area (Å²) in [6.45, 7) is 3.84. The third-order valence-corrected chi connectivity index (χ3v) is 4.18. The molecule has 72 valence electrons. The topological polar surface area (TPSA) is 26.0 Å². The van der Waals surface area contributed by atoms with Gasteiger partial charge in [0.15, 0.2) is 5.60 Å². The van der Waals surface area contributed by atoms with Gasteiger partial charge in [0.2, 0.25) is 0 Å². The van der Waals surface area contributed by atoms with E-state index >= 15 is 0 Å². The van der Waals surface area contributed by atoms with Crippen LogP contribution in [0.5, 0.6) is 0 Å². The third-order valence-electron chi connectivity index (χ3n) is 3.76. The maximum atomic E-state index is 5.65. The predicted octanol–water partition coefficient (Wildman–Crippen LogP) is 0.162. The molecule has 3 saturated heterocycles. The van der Waals surface area contributed by atoms with E-state index in [1.54, 1.807) is 4.90 Å². The lowest BCUT2D eigenvalue weighted by Crippen LogP contribution is -3.17. The Morgan fingerprint density at radius 2 is 2.23 bits per heavy atom. The van der Waals surface area contributed by atoms with Gasteiger partial charge in [0, 0.05) is 25.2 Å². The van der Waals surface area contributed by atoms with Crippen LogP contribution in [0.25, 0.3) is 0 Å². The van der Waals surface area contributed by atoms with Crippen LogP contribution < -0.4 is 4.90 Å². The van der Waals surface area contributed by atoms with Crippen LogP contribution in [0.1, 0.15) is 19.3 Å². The van der Waals surface area contributed by atoms with Crippen LogP contribution in [0, 0.1) is 5.92 Å². The van der Waals surface area contributed by atoms with Gasteiger partial charge in [-0.15, -0.1) is 0 Å². The van der Waals surface area contributed by atoms with E-state index in [1.165, 1.54) is 25.9 Å². The molecule has 0 amide bonds. The average molecular weight is 246 g/mol. The molecule has 0 aromatic carbocycles. The van der Waals surface area contributed by atoms with Crippen LogP contribution in [-0.2, 0) is 4.84 Å². The van der Waals surface area contributed by atoms with Gasteiger partial charge in [-0.05, 0) is 15.9 Å². The van der Waals surface area contributed by atoms with Crippen molar-refractivity contribution >= 4 is 20.6 Å². The van der Waals surface area contributed by atoms with E-state index in [0.29, 0.717) is 0 Å². The Morgan fingerprint density at radius 3 is 2.69 bits per heavy atom. The van der Waals surface area contributed by atoms with E-state index < -0.39 is 0 Å². The van der Waals surface area contributed by atoms with Crippen LogP contribution in [0.3, 0.4) is 0 Å². The summed E-state index contributed by atoms with van der Waals surface area (Å²) < 4.78 is 1.00. The maximum absolute atomic E-state index is 5.65. The normalized spacial score (nSPS) is 47.9. The van der Waals surface area contributed by atoms with Gasteiger partial charge in [0.25, 0.3) is 0 Å². The summed E-state index contributed by atoms with van der Waals surface area (Å²) in [5.74, 6) is 0.754. The van der Waals surface area contributed by atoms with Gasteiger partial charge in [-0.2, -0.15) is 0 Å². The second-order valence-electron chi connectivity index (χ2n) is 4.50. The van der Waals surface area contributed by atoms with E-state index in [1.807, 2.05) is 0 Å². The quantitative estimate of drug-likeness (QED) is 0.647. The second-order valence-corrected chi connectivity index (χ2v) is 5.42. The molecular weight excluding hydrogens is 232 g/mol. The first-order chi connectivity index (χ1) is 6.28.